The lowest BCUT2D eigenvalue weighted by atomic mass is 10.2. The molecule has 21 heavy (non-hydrogen) atoms. The highest BCUT2D eigenvalue weighted by Gasteiger charge is 2.14. The second kappa shape index (κ2) is 9.36. The second-order valence-corrected chi connectivity index (χ2v) is 5.98. The van der Waals surface area contributed by atoms with Crippen molar-refractivity contribution in [2.45, 2.75) is 24.7 Å². The number of hydrogen-bond acceptors (Lipinski definition) is 5. The van der Waals surface area contributed by atoms with Gasteiger partial charge in [0.05, 0.1) is 18.1 Å². The smallest absolute Gasteiger partial charge is 0.296 e. The Labute approximate surface area is 124 Å². The number of azide groups is 1. The first-order chi connectivity index (χ1) is 10.1. The summed E-state index contributed by atoms with van der Waals surface area (Å²) in [5.74, 6) is 0. The van der Waals surface area contributed by atoms with Gasteiger partial charge in [-0.2, -0.15) is 8.42 Å². The molecule has 0 unspecified atom stereocenters. The van der Waals surface area contributed by atoms with E-state index in [-0.39, 0.29) is 11.5 Å². The van der Waals surface area contributed by atoms with Gasteiger partial charge in [-0.25, -0.2) is 0 Å². The van der Waals surface area contributed by atoms with E-state index in [2.05, 4.69) is 10.0 Å². The van der Waals surface area contributed by atoms with E-state index < -0.39 is 10.1 Å². The van der Waals surface area contributed by atoms with Crippen molar-refractivity contribution in [2.24, 2.45) is 5.11 Å². The van der Waals surface area contributed by atoms with Gasteiger partial charge in [-0.3, -0.25) is 4.18 Å². The Kier molecular flexibility index (Phi) is 7.78. The summed E-state index contributed by atoms with van der Waals surface area (Å²) in [5, 5.41) is 3.33. The number of nitrogens with zero attached hydrogens (tertiary/aromatic N) is 3. The van der Waals surface area contributed by atoms with Crippen LogP contribution in [0.2, 0.25) is 0 Å². The molecule has 8 heteroatoms. The van der Waals surface area contributed by atoms with Crippen molar-refractivity contribution in [1.29, 1.82) is 0 Å². The van der Waals surface area contributed by atoms with E-state index in [0.29, 0.717) is 32.6 Å². The van der Waals surface area contributed by atoms with Crippen LogP contribution in [0.15, 0.2) is 34.3 Å². The van der Waals surface area contributed by atoms with Crippen molar-refractivity contribution < 1.29 is 17.3 Å². The van der Waals surface area contributed by atoms with Crippen LogP contribution in [0.4, 0.5) is 0 Å². The zero-order chi connectivity index (χ0) is 15.6. The van der Waals surface area contributed by atoms with Crippen LogP contribution in [0.25, 0.3) is 10.4 Å². The first-order valence-corrected chi connectivity index (χ1v) is 8.02. The van der Waals surface area contributed by atoms with E-state index >= 15 is 0 Å². The molecule has 1 aromatic carbocycles. The highest BCUT2D eigenvalue weighted by molar-refractivity contribution is 7.86. The van der Waals surface area contributed by atoms with Crippen LogP contribution < -0.4 is 0 Å². The molecular formula is C13H19N3O4S. The molecule has 0 spiro atoms. The minimum absolute atomic E-state index is 0.121. The minimum atomic E-state index is -3.68. The van der Waals surface area contributed by atoms with E-state index in [1.54, 1.807) is 12.1 Å². The number of rotatable bonds is 10. The predicted octanol–water partition coefficient (Wildman–Crippen LogP) is 2.81. The van der Waals surface area contributed by atoms with Crippen molar-refractivity contribution >= 4 is 10.1 Å². The normalized spacial score (nSPS) is 11.1. The number of benzene rings is 1. The lowest BCUT2D eigenvalue weighted by Gasteiger charge is -2.06. The molecule has 1 aromatic rings. The third-order valence-corrected chi connectivity index (χ3v) is 3.96. The fourth-order valence-electron chi connectivity index (χ4n) is 1.50. The summed E-state index contributed by atoms with van der Waals surface area (Å²) in [6.07, 6.45) is 1.26. The maximum atomic E-state index is 11.9. The Morgan fingerprint density at radius 3 is 2.48 bits per heavy atom. The van der Waals surface area contributed by atoms with Crippen LogP contribution >= 0.6 is 0 Å². The van der Waals surface area contributed by atoms with Gasteiger partial charge in [-0.1, -0.05) is 22.8 Å². The standard InChI is InChI=1S/C13H19N3O4S/c1-12-4-6-13(7-5-12)21(17,18)20-10-3-2-9-19-11-8-15-16-14/h4-7H,2-3,8-11H2,1H3. The molecule has 0 saturated heterocycles. The molecule has 0 atom stereocenters. The molecule has 0 radical (unpaired) electrons. The zero-order valence-electron chi connectivity index (χ0n) is 11.9. The average Bonchev–Trinajstić information content (AvgIpc) is 2.46. The van der Waals surface area contributed by atoms with Crippen LogP contribution in [0.5, 0.6) is 0 Å². The predicted molar refractivity (Wildman–Crippen MR) is 78.4 cm³/mol. The molecule has 7 nitrogen and oxygen atoms in total. The van der Waals surface area contributed by atoms with Crippen molar-refractivity contribution in [3.63, 3.8) is 0 Å². The maximum Gasteiger partial charge on any atom is 0.296 e. The highest BCUT2D eigenvalue weighted by atomic mass is 32.2. The van der Waals surface area contributed by atoms with E-state index in [4.69, 9.17) is 14.5 Å². The number of aryl methyl sites for hydroxylation is 1. The second-order valence-electron chi connectivity index (χ2n) is 4.36. The molecule has 0 aliphatic rings. The molecule has 0 heterocycles. The van der Waals surface area contributed by atoms with Crippen LogP contribution in [-0.2, 0) is 19.0 Å². The lowest BCUT2D eigenvalue weighted by molar-refractivity contribution is 0.133. The van der Waals surface area contributed by atoms with Gasteiger partial charge in [0.1, 0.15) is 0 Å². The summed E-state index contributed by atoms with van der Waals surface area (Å²) in [5.41, 5.74) is 9.05. The monoisotopic (exact) mass is 313 g/mol. The molecule has 0 bridgehead atoms. The Hall–Kier alpha value is -1.60. The van der Waals surface area contributed by atoms with Crippen LogP contribution in [0.1, 0.15) is 18.4 Å². The quantitative estimate of drug-likeness (QED) is 0.218. The van der Waals surface area contributed by atoms with E-state index in [1.807, 2.05) is 6.92 Å². The molecule has 1 rings (SSSR count). The van der Waals surface area contributed by atoms with Gasteiger partial charge < -0.3 is 4.74 Å². The summed E-state index contributed by atoms with van der Waals surface area (Å²) in [6, 6.07) is 6.52. The Bertz CT molecular complexity index is 566. The van der Waals surface area contributed by atoms with Gasteiger partial charge >= 0.3 is 0 Å². The number of ether oxygens (including phenoxy) is 1. The summed E-state index contributed by atoms with van der Waals surface area (Å²) in [4.78, 5) is 2.77. The average molecular weight is 313 g/mol. The Balaban J connectivity index is 2.19. The first kappa shape index (κ1) is 17.5. The van der Waals surface area contributed by atoms with E-state index in [9.17, 15) is 8.42 Å². The molecule has 0 aromatic heterocycles. The van der Waals surface area contributed by atoms with Gasteiger partial charge in [0.25, 0.3) is 10.1 Å². The van der Waals surface area contributed by atoms with Crippen molar-refractivity contribution in [3.8, 4) is 0 Å². The minimum Gasteiger partial charge on any atom is -0.381 e. The number of hydrogen-bond donors (Lipinski definition) is 0. The molecule has 116 valence electrons. The van der Waals surface area contributed by atoms with Gasteiger partial charge in [-0.05, 0) is 37.4 Å². The molecular weight excluding hydrogens is 294 g/mol. The Morgan fingerprint density at radius 1 is 1.14 bits per heavy atom. The van der Waals surface area contributed by atoms with Gasteiger partial charge in [0.2, 0.25) is 0 Å². The highest BCUT2D eigenvalue weighted by Crippen LogP contribution is 2.13. The summed E-state index contributed by atoms with van der Waals surface area (Å²) in [7, 11) is -3.68. The van der Waals surface area contributed by atoms with Crippen molar-refractivity contribution in [1.82, 2.24) is 0 Å². The molecule has 0 aliphatic heterocycles. The van der Waals surface area contributed by atoms with E-state index in [0.717, 1.165) is 5.56 Å². The fourth-order valence-corrected chi connectivity index (χ4v) is 2.44. The summed E-state index contributed by atoms with van der Waals surface area (Å²) < 4.78 is 33.8. The molecule has 0 aliphatic carbocycles. The first-order valence-electron chi connectivity index (χ1n) is 6.61. The summed E-state index contributed by atoms with van der Waals surface area (Å²) >= 11 is 0. The zero-order valence-corrected chi connectivity index (χ0v) is 12.8. The molecule has 0 amide bonds. The van der Waals surface area contributed by atoms with Gasteiger partial charge in [-0.15, -0.1) is 0 Å². The fraction of sp³-hybridized carbons (Fsp3) is 0.538. The van der Waals surface area contributed by atoms with Crippen molar-refractivity contribution in [2.75, 3.05) is 26.4 Å². The lowest BCUT2D eigenvalue weighted by Crippen LogP contribution is -2.08. The van der Waals surface area contributed by atoms with Gasteiger partial charge in [0, 0.05) is 18.1 Å². The van der Waals surface area contributed by atoms with Crippen LogP contribution in [-0.4, -0.2) is 34.8 Å². The maximum absolute atomic E-state index is 11.9. The number of unbranched alkanes of at least 4 members (excludes halogenated alkanes) is 1. The van der Waals surface area contributed by atoms with E-state index in [1.165, 1.54) is 12.1 Å². The topological polar surface area (TPSA) is 101 Å². The molecule has 0 N–H and O–H groups in total. The third-order valence-electron chi connectivity index (χ3n) is 2.63. The third kappa shape index (κ3) is 7.10. The SMILES string of the molecule is Cc1ccc(S(=O)(=O)OCCCCOCCN=[N+]=[N-])cc1. The van der Waals surface area contributed by atoms with Crippen LogP contribution in [0.3, 0.4) is 0 Å². The Morgan fingerprint density at radius 2 is 1.81 bits per heavy atom. The molecule has 0 fully saturated rings. The van der Waals surface area contributed by atoms with Gasteiger partial charge in [0.15, 0.2) is 0 Å². The molecule has 0 saturated carbocycles. The largest absolute Gasteiger partial charge is 0.381 e. The summed E-state index contributed by atoms with van der Waals surface area (Å²) in [6.45, 7) is 3.16. The van der Waals surface area contributed by atoms with Crippen LogP contribution in [0, 0.1) is 6.92 Å². The van der Waals surface area contributed by atoms with Crippen molar-refractivity contribution in [3.05, 3.63) is 40.3 Å².